The maximum atomic E-state index is 11.2. The number of guanidine groups is 1. The van der Waals surface area contributed by atoms with Crippen molar-refractivity contribution in [3.8, 4) is 0 Å². The molecule has 0 radical (unpaired) electrons. The average Bonchev–Trinajstić information content (AvgIpc) is 3.05. The fraction of sp³-hybridized carbons (Fsp3) is 0.474. The van der Waals surface area contributed by atoms with Crippen molar-refractivity contribution >= 4 is 46.9 Å². The number of benzene rings is 1. The van der Waals surface area contributed by atoms with Crippen molar-refractivity contribution in [2.45, 2.75) is 32.2 Å². The second-order valence-corrected chi connectivity index (χ2v) is 6.51. The molecule has 0 atom stereocenters. The first-order valence-electron chi connectivity index (χ1n) is 9.22. The normalized spacial score (nSPS) is 15.4. The van der Waals surface area contributed by atoms with Gasteiger partial charge in [-0.25, -0.2) is 4.79 Å². The summed E-state index contributed by atoms with van der Waals surface area (Å²) in [6, 6.07) is 10.1. The van der Waals surface area contributed by atoms with E-state index in [1.807, 2.05) is 25.1 Å². The second-order valence-electron chi connectivity index (χ2n) is 6.51. The van der Waals surface area contributed by atoms with Crippen molar-refractivity contribution < 1.29 is 9.21 Å². The Morgan fingerprint density at radius 2 is 2.07 bits per heavy atom. The first kappa shape index (κ1) is 21.3. The van der Waals surface area contributed by atoms with E-state index in [9.17, 15) is 4.79 Å². The summed E-state index contributed by atoms with van der Waals surface area (Å²) in [6.45, 7) is 4.87. The average molecular weight is 485 g/mol. The van der Waals surface area contributed by atoms with E-state index < -0.39 is 0 Å². The van der Waals surface area contributed by atoms with E-state index in [0.29, 0.717) is 25.7 Å². The van der Waals surface area contributed by atoms with Crippen molar-refractivity contribution in [1.82, 2.24) is 15.5 Å². The van der Waals surface area contributed by atoms with Crippen molar-refractivity contribution in [1.29, 1.82) is 0 Å². The third-order valence-electron chi connectivity index (χ3n) is 4.60. The quantitative estimate of drug-likeness (QED) is 0.345. The van der Waals surface area contributed by atoms with E-state index in [4.69, 9.17) is 10.2 Å². The number of carbonyl (C=O) groups excluding carboxylic acids is 1. The van der Waals surface area contributed by atoms with E-state index in [1.54, 1.807) is 4.90 Å². The molecule has 0 spiro atoms. The van der Waals surface area contributed by atoms with Gasteiger partial charge in [-0.1, -0.05) is 18.2 Å². The molecular formula is C19H28IN5O2. The zero-order chi connectivity index (χ0) is 18.4. The molecule has 1 fully saturated rings. The third kappa shape index (κ3) is 6.02. The van der Waals surface area contributed by atoms with Crippen molar-refractivity contribution in [2.75, 3.05) is 26.2 Å². The number of carbonyl (C=O) groups is 1. The Balaban J connectivity index is 0.00000261. The molecule has 27 heavy (non-hydrogen) atoms. The zero-order valence-corrected chi connectivity index (χ0v) is 17.9. The fourth-order valence-corrected chi connectivity index (χ4v) is 3.20. The van der Waals surface area contributed by atoms with Gasteiger partial charge in [0.1, 0.15) is 11.3 Å². The summed E-state index contributed by atoms with van der Waals surface area (Å²) in [5.74, 6) is 1.75. The number of para-hydroxylation sites is 1. The predicted octanol–water partition coefficient (Wildman–Crippen LogP) is 2.69. The number of primary amides is 1. The Morgan fingerprint density at radius 3 is 2.74 bits per heavy atom. The smallest absolute Gasteiger partial charge is 0.314 e. The molecule has 0 saturated carbocycles. The van der Waals surface area contributed by atoms with Crippen LogP contribution in [0.15, 0.2) is 39.7 Å². The molecule has 2 heterocycles. The van der Waals surface area contributed by atoms with Crippen LogP contribution in [-0.4, -0.2) is 49.1 Å². The van der Waals surface area contributed by atoms with Crippen LogP contribution in [0, 0.1) is 0 Å². The molecule has 7 nitrogen and oxygen atoms in total. The number of nitrogens with two attached hydrogens (primary N) is 1. The van der Waals surface area contributed by atoms with E-state index in [-0.39, 0.29) is 30.0 Å². The highest BCUT2D eigenvalue weighted by molar-refractivity contribution is 14.0. The number of fused-ring (bicyclic) bond motifs is 1. The molecule has 4 N–H and O–H groups in total. The summed E-state index contributed by atoms with van der Waals surface area (Å²) in [4.78, 5) is 17.5. The van der Waals surface area contributed by atoms with Gasteiger partial charge in [0.2, 0.25) is 0 Å². The lowest BCUT2D eigenvalue weighted by Gasteiger charge is -2.32. The SMILES string of the molecule is CCNC(=NCCc1cc2ccccc2o1)NC1CCN(C(N)=O)CC1.I. The maximum absolute atomic E-state index is 11.2. The molecule has 0 bridgehead atoms. The highest BCUT2D eigenvalue weighted by Crippen LogP contribution is 2.19. The Labute approximate surface area is 176 Å². The Bertz CT molecular complexity index is 735. The van der Waals surface area contributed by atoms with E-state index in [0.717, 1.165) is 48.5 Å². The maximum Gasteiger partial charge on any atom is 0.314 e. The standard InChI is InChI=1S/C19H27N5O2.HI/c1-2-21-19(23-15-8-11-24(12-9-15)18(20)25)22-10-7-16-13-14-5-3-4-6-17(14)26-16;/h3-6,13,15H,2,7-12H2,1H3,(H2,20,25)(H2,21,22,23);1H. The van der Waals surface area contributed by atoms with Crippen LogP contribution in [-0.2, 0) is 6.42 Å². The number of piperidine rings is 1. The lowest BCUT2D eigenvalue weighted by molar-refractivity contribution is 0.188. The molecule has 148 valence electrons. The Morgan fingerprint density at radius 1 is 1.33 bits per heavy atom. The molecule has 1 aromatic heterocycles. The minimum Gasteiger partial charge on any atom is -0.461 e. The number of halogens is 1. The molecule has 8 heteroatoms. The van der Waals surface area contributed by atoms with Crippen LogP contribution in [0.1, 0.15) is 25.5 Å². The number of furan rings is 1. The largest absolute Gasteiger partial charge is 0.461 e. The first-order valence-corrected chi connectivity index (χ1v) is 9.22. The number of likely N-dealkylation sites (tertiary alicyclic amines) is 1. The number of nitrogens with zero attached hydrogens (tertiary/aromatic N) is 2. The molecule has 3 rings (SSSR count). The first-order chi connectivity index (χ1) is 12.7. The Kier molecular flexibility index (Phi) is 8.21. The summed E-state index contributed by atoms with van der Waals surface area (Å²) in [5, 5.41) is 7.86. The van der Waals surface area contributed by atoms with Crippen LogP contribution < -0.4 is 16.4 Å². The molecule has 1 saturated heterocycles. The second kappa shape index (κ2) is 10.4. The molecular weight excluding hydrogens is 457 g/mol. The van der Waals surface area contributed by atoms with Crippen LogP contribution in [0.4, 0.5) is 4.79 Å². The molecule has 1 aromatic carbocycles. The van der Waals surface area contributed by atoms with Crippen molar-refractivity contribution in [3.05, 3.63) is 36.1 Å². The predicted molar refractivity (Wildman–Crippen MR) is 119 cm³/mol. The van der Waals surface area contributed by atoms with Gasteiger partial charge in [-0.3, -0.25) is 4.99 Å². The number of amides is 2. The van der Waals surface area contributed by atoms with Gasteiger partial charge < -0.3 is 25.7 Å². The molecule has 1 aliphatic rings. The number of hydrogen-bond acceptors (Lipinski definition) is 3. The van der Waals surface area contributed by atoms with E-state index in [1.165, 1.54) is 0 Å². The van der Waals surface area contributed by atoms with Crippen LogP contribution in [0.2, 0.25) is 0 Å². The van der Waals surface area contributed by atoms with Crippen molar-refractivity contribution in [2.24, 2.45) is 10.7 Å². The number of hydrogen-bond donors (Lipinski definition) is 3. The van der Waals surface area contributed by atoms with E-state index >= 15 is 0 Å². The number of urea groups is 1. The highest BCUT2D eigenvalue weighted by Gasteiger charge is 2.21. The summed E-state index contributed by atoms with van der Waals surface area (Å²) in [7, 11) is 0. The Hall–Kier alpha value is -1.97. The number of nitrogens with one attached hydrogen (secondary N) is 2. The third-order valence-corrected chi connectivity index (χ3v) is 4.60. The number of rotatable bonds is 5. The summed E-state index contributed by atoms with van der Waals surface area (Å²) in [6.07, 6.45) is 2.50. The molecule has 2 aromatic rings. The van der Waals surface area contributed by atoms with Gasteiger partial charge in [0.15, 0.2) is 5.96 Å². The van der Waals surface area contributed by atoms with Gasteiger partial charge in [-0.05, 0) is 31.9 Å². The van der Waals surface area contributed by atoms with Crippen LogP contribution in [0.3, 0.4) is 0 Å². The molecule has 0 unspecified atom stereocenters. The van der Waals surface area contributed by atoms with Crippen LogP contribution >= 0.6 is 24.0 Å². The van der Waals surface area contributed by atoms with Crippen LogP contribution in [0.5, 0.6) is 0 Å². The van der Waals surface area contributed by atoms with Crippen LogP contribution in [0.25, 0.3) is 11.0 Å². The molecule has 2 amide bonds. The van der Waals surface area contributed by atoms with E-state index in [2.05, 4.69) is 27.8 Å². The van der Waals surface area contributed by atoms with Gasteiger partial charge in [0, 0.05) is 44.0 Å². The van der Waals surface area contributed by atoms with Gasteiger partial charge >= 0.3 is 6.03 Å². The van der Waals surface area contributed by atoms with Gasteiger partial charge in [-0.15, -0.1) is 24.0 Å². The summed E-state index contributed by atoms with van der Waals surface area (Å²) in [5.41, 5.74) is 6.25. The minimum absolute atomic E-state index is 0. The lowest BCUT2D eigenvalue weighted by Crippen LogP contribution is -2.50. The fourth-order valence-electron chi connectivity index (χ4n) is 3.20. The number of aliphatic imine (C=N–C) groups is 1. The van der Waals surface area contributed by atoms with Gasteiger partial charge in [0.05, 0.1) is 0 Å². The highest BCUT2D eigenvalue weighted by atomic mass is 127. The van der Waals surface area contributed by atoms with Gasteiger partial charge in [0.25, 0.3) is 0 Å². The summed E-state index contributed by atoms with van der Waals surface area (Å²) >= 11 is 0. The zero-order valence-electron chi connectivity index (χ0n) is 15.6. The lowest BCUT2D eigenvalue weighted by atomic mass is 10.1. The molecule has 0 aliphatic carbocycles. The van der Waals surface area contributed by atoms with Crippen molar-refractivity contribution in [3.63, 3.8) is 0 Å². The topological polar surface area (TPSA) is 95.9 Å². The minimum atomic E-state index is -0.338. The molecule has 1 aliphatic heterocycles. The summed E-state index contributed by atoms with van der Waals surface area (Å²) < 4.78 is 5.83. The monoisotopic (exact) mass is 485 g/mol. The van der Waals surface area contributed by atoms with Gasteiger partial charge in [-0.2, -0.15) is 0 Å².